The maximum Gasteiger partial charge on any atom is 0.145 e. The molecule has 2 heterocycles. The van der Waals surface area contributed by atoms with E-state index in [0.29, 0.717) is 6.61 Å². The molecule has 80 valence electrons. The predicted molar refractivity (Wildman–Crippen MR) is 53.2 cm³/mol. The van der Waals surface area contributed by atoms with Crippen molar-refractivity contribution < 1.29 is 18.9 Å². The Labute approximate surface area is 85.3 Å². The monoisotopic (exact) mass is 200 g/mol. The highest BCUT2D eigenvalue weighted by Gasteiger charge is 2.64. The summed E-state index contributed by atoms with van der Waals surface area (Å²) in [6, 6.07) is 0.0892. The van der Waals surface area contributed by atoms with Gasteiger partial charge in [0.15, 0.2) is 0 Å². The second-order valence-corrected chi connectivity index (χ2v) is 4.11. The minimum absolute atomic E-state index is 0.00699. The van der Waals surface area contributed by atoms with Crippen LogP contribution >= 0.6 is 0 Å². The average Bonchev–Trinajstić information content (AvgIpc) is 2.54. The van der Waals surface area contributed by atoms with Crippen LogP contribution in [0.1, 0.15) is 6.92 Å². The minimum Gasteiger partial charge on any atom is -0.381 e. The summed E-state index contributed by atoms with van der Waals surface area (Å²) in [6.45, 7) is 2.53. The van der Waals surface area contributed by atoms with E-state index in [4.69, 9.17) is 18.9 Å². The predicted octanol–water partition coefficient (Wildman–Crippen LogP) is -0.837. The van der Waals surface area contributed by atoms with Gasteiger partial charge in [0.05, 0.1) is 18.7 Å². The lowest BCUT2D eigenvalue weighted by molar-refractivity contribution is -0.178. The SMILES string of the molecule is B[C@@H]1O[C@]2(COC)C(C)O[C@H]1C2OC. The normalized spacial score (nSPS) is 51.4. The first kappa shape index (κ1) is 10.4. The molecule has 2 saturated heterocycles. The van der Waals surface area contributed by atoms with Crippen molar-refractivity contribution in [2.45, 2.75) is 36.8 Å². The summed E-state index contributed by atoms with van der Waals surface area (Å²) < 4.78 is 22.4. The van der Waals surface area contributed by atoms with Gasteiger partial charge >= 0.3 is 0 Å². The van der Waals surface area contributed by atoms with Crippen LogP contribution in [0.25, 0.3) is 0 Å². The van der Waals surface area contributed by atoms with Gasteiger partial charge in [-0.25, -0.2) is 0 Å². The first-order valence-corrected chi connectivity index (χ1v) is 5.00. The highest BCUT2D eigenvalue weighted by atomic mass is 16.7. The Morgan fingerprint density at radius 1 is 1.43 bits per heavy atom. The van der Waals surface area contributed by atoms with E-state index in [9.17, 15) is 0 Å². The van der Waals surface area contributed by atoms with Crippen LogP contribution in [0.3, 0.4) is 0 Å². The second kappa shape index (κ2) is 3.49. The number of methoxy groups -OCH3 is 2. The fourth-order valence-corrected chi connectivity index (χ4v) is 2.66. The van der Waals surface area contributed by atoms with Crippen molar-refractivity contribution >= 4 is 7.85 Å². The van der Waals surface area contributed by atoms with Gasteiger partial charge in [-0.2, -0.15) is 0 Å². The molecule has 4 nitrogen and oxygen atoms in total. The van der Waals surface area contributed by atoms with Gasteiger partial charge in [0.1, 0.15) is 25.7 Å². The van der Waals surface area contributed by atoms with E-state index >= 15 is 0 Å². The lowest BCUT2D eigenvalue weighted by Crippen LogP contribution is -2.50. The Morgan fingerprint density at radius 2 is 2.14 bits per heavy atom. The second-order valence-electron chi connectivity index (χ2n) is 4.11. The van der Waals surface area contributed by atoms with Crippen LogP contribution in [0, 0.1) is 0 Å². The fourth-order valence-electron chi connectivity index (χ4n) is 2.66. The molecule has 5 atom stereocenters. The van der Waals surface area contributed by atoms with E-state index in [2.05, 4.69) is 0 Å². The van der Waals surface area contributed by atoms with Crippen molar-refractivity contribution in [2.24, 2.45) is 0 Å². The zero-order valence-electron chi connectivity index (χ0n) is 9.15. The molecule has 2 aliphatic heterocycles. The third-order valence-electron chi connectivity index (χ3n) is 3.32. The van der Waals surface area contributed by atoms with Gasteiger partial charge in [0.25, 0.3) is 0 Å². The zero-order valence-corrected chi connectivity index (χ0v) is 9.15. The lowest BCUT2D eigenvalue weighted by atomic mass is 9.90. The molecule has 2 unspecified atom stereocenters. The van der Waals surface area contributed by atoms with E-state index in [1.807, 2.05) is 14.8 Å². The van der Waals surface area contributed by atoms with E-state index in [1.165, 1.54) is 0 Å². The number of hydrogen-bond acceptors (Lipinski definition) is 4. The zero-order chi connectivity index (χ0) is 10.3. The molecule has 2 rings (SSSR count). The Balaban J connectivity index is 2.25. The third kappa shape index (κ3) is 1.16. The Morgan fingerprint density at radius 3 is 2.71 bits per heavy atom. The molecule has 0 aromatic heterocycles. The molecule has 2 aliphatic rings. The van der Waals surface area contributed by atoms with Crippen molar-refractivity contribution in [2.75, 3.05) is 20.8 Å². The van der Waals surface area contributed by atoms with Crippen molar-refractivity contribution in [3.63, 3.8) is 0 Å². The summed E-state index contributed by atoms with van der Waals surface area (Å²) in [4.78, 5) is 0. The summed E-state index contributed by atoms with van der Waals surface area (Å²) in [5.41, 5.74) is -0.409. The average molecular weight is 200 g/mol. The summed E-state index contributed by atoms with van der Waals surface area (Å²) in [6.07, 6.45) is 0.0752. The van der Waals surface area contributed by atoms with Crippen molar-refractivity contribution in [3.05, 3.63) is 0 Å². The van der Waals surface area contributed by atoms with Crippen molar-refractivity contribution in [3.8, 4) is 0 Å². The summed E-state index contributed by atoms with van der Waals surface area (Å²) in [7, 11) is 5.39. The molecule has 2 fully saturated rings. The van der Waals surface area contributed by atoms with Gasteiger partial charge < -0.3 is 18.9 Å². The highest BCUT2D eigenvalue weighted by Crippen LogP contribution is 2.44. The molecular weight excluding hydrogens is 183 g/mol. The van der Waals surface area contributed by atoms with E-state index in [0.717, 1.165) is 0 Å². The van der Waals surface area contributed by atoms with Gasteiger partial charge in [-0.1, -0.05) is 0 Å². The molecule has 0 aromatic carbocycles. The Bertz CT molecular complexity index is 225. The maximum atomic E-state index is 5.93. The molecule has 5 heteroatoms. The van der Waals surface area contributed by atoms with Gasteiger partial charge in [0.2, 0.25) is 0 Å². The van der Waals surface area contributed by atoms with Gasteiger partial charge in [-0.05, 0) is 6.92 Å². The summed E-state index contributed by atoms with van der Waals surface area (Å²) >= 11 is 0. The van der Waals surface area contributed by atoms with Crippen LogP contribution in [-0.2, 0) is 18.9 Å². The molecule has 0 radical (unpaired) electrons. The van der Waals surface area contributed by atoms with Gasteiger partial charge in [0, 0.05) is 14.2 Å². The molecule has 0 N–H and O–H groups in total. The van der Waals surface area contributed by atoms with Crippen LogP contribution in [-0.4, -0.2) is 58.6 Å². The molecule has 0 amide bonds. The van der Waals surface area contributed by atoms with Crippen molar-refractivity contribution in [1.82, 2.24) is 0 Å². The van der Waals surface area contributed by atoms with Crippen LogP contribution in [0.4, 0.5) is 0 Å². The molecular formula is C9H17BO4. The molecule has 0 aromatic rings. The van der Waals surface area contributed by atoms with Crippen LogP contribution in [0.2, 0.25) is 0 Å². The summed E-state index contributed by atoms with van der Waals surface area (Å²) in [5, 5.41) is 0. The largest absolute Gasteiger partial charge is 0.381 e. The quantitative estimate of drug-likeness (QED) is 0.557. The molecule has 2 bridgehead atoms. The van der Waals surface area contributed by atoms with Crippen LogP contribution < -0.4 is 0 Å². The number of rotatable bonds is 3. The van der Waals surface area contributed by atoms with Crippen molar-refractivity contribution in [1.29, 1.82) is 0 Å². The first-order chi connectivity index (χ1) is 6.65. The molecule has 14 heavy (non-hydrogen) atoms. The number of ether oxygens (including phenoxy) is 4. The van der Waals surface area contributed by atoms with Crippen LogP contribution in [0.5, 0.6) is 0 Å². The van der Waals surface area contributed by atoms with Gasteiger partial charge in [-0.15, -0.1) is 0 Å². The molecule has 0 saturated carbocycles. The highest BCUT2D eigenvalue weighted by molar-refractivity contribution is 6.11. The topological polar surface area (TPSA) is 36.9 Å². The summed E-state index contributed by atoms with van der Waals surface area (Å²) in [5.74, 6) is 0. The Hall–Kier alpha value is -0.0951. The Kier molecular flexibility index (Phi) is 2.60. The van der Waals surface area contributed by atoms with E-state index in [-0.39, 0.29) is 24.3 Å². The maximum absolute atomic E-state index is 5.93. The van der Waals surface area contributed by atoms with Crippen LogP contribution in [0.15, 0.2) is 0 Å². The van der Waals surface area contributed by atoms with E-state index < -0.39 is 5.60 Å². The van der Waals surface area contributed by atoms with Gasteiger partial charge in [-0.3, -0.25) is 0 Å². The third-order valence-corrected chi connectivity index (χ3v) is 3.32. The fraction of sp³-hybridized carbons (Fsp3) is 1.00. The van der Waals surface area contributed by atoms with E-state index in [1.54, 1.807) is 14.2 Å². The molecule has 0 aliphatic carbocycles. The smallest absolute Gasteiger partial charge is 0.145 e. The standard InChI is InChI=1S/C9H17BO4/c1-5-9(4-11-2)7(12-3)6(13-5)8(10)14-9/h5-8H,4,10H2,1-3H3/t5?,6-,7?,8+,9+/m0/s1. The lowest BCUT2D eigenvalue weighted by Gasteiger charge is -2.34. The minimum atomic E-state index is -0.409. The number of fused-ring (bicyclic) bond motifs is 2. The first-order valence-electron chi connectivity index (χ1n) is 5.00. The molecule has 0 spiro atoms. The number of hydrogen-bond donors (Lipinski definition) is 0.